The molecule has 102 valence electrons. The van der Waals surface area contributed by atoms with Crippen LogP contribution in [-0.2, 0) is 4.79 Å². The smallest absolute Gasteiger partial charge is 0.322 e. The lowest BCUT2D eigenvalue weighted by atomic mass is 9.87. The number of carboxylic acid groups (broad SMARTS) is 1. The van der Waals surface area contributed by atoms with Gasteiger partial charge in [-0.3, -0.25) is 9.20 Å². The molecule has 2 aromatic rings. The van der Waals surface area contributed by atoms with Gasteiger partial charge in [-0.25, -0.2) is 4.98 Å². The lowest BCUT2D eigenvalue weighted by Crippen LogP contribution is -2.16. The Hall–Kier alpha value is -1.56. The zero-order valence-corrected chi connectivity index (χ0v) is 11.4. The van der Waals surface area contributed by atoms with Crippen LogP contribution >= 0.6 is 11.3 Å². The fourth-order valence-corrected chi connectivity index (χ4v) is 3.52. The number of carboxylic acids is 1. The largest absolute Gasteiger partial charge is 0.480 e. The van der Waals surface area contributed by atoms with E-state index in [0.29, 0.717) is 5.92 Å². The number of aromatic nitrogens is 2. The minimum Gasteiger partial charge on any atom is -0.480 e. The fraction of sp³-hybridized carbons (Fsp3) is 0.538. The van der Waals surface area contributed by atoms with Crippen LogP contribution in [0.3, 0.4) is 0 Å². The molecule has 0 atom stereocenters. The first-order chi connectivity index (χ1) is 9.25. The summed E-state index contributed by atoms with van der Waals surface area (Å²) in [6.45, 7) is -0.0661. The van der Waals surface area contributed by atoms with Crippen molar-refractivity contribution in [2.45, 2.75) is 38.0 Å². The standard InChI is InChI=1S/C13H17N3O2S/c17-10(18)8-14-12-11(9-4-2-1-3-5-9)15-13-16(12)6-7-19-13/h6-7,9,14H,1-5,8H2,(H,17,18). The summed E-state index contributed by atoms with van der Waals surface area (Å²) < 4.78 is 1.97. The number of aliphatic carboxylic acids is 1. The molecule has 2 heterocycles. The number of imidazole rings is 1. The van der Waals surface area contributed by atoms with Gasteiger partial charge in [0.1, 0.15) is 12.4 Å². The quantitative estimate of drug-likeness (QED) is 0.903. The Balaban J connectivity index is 1.94. The van der Waals surface area contributed by atoms with Gasteiger partial charge in [0.2, 0.25) is 0 Å². The van der Waals surface area contributed by atoms with Gasteiger partial charge in [0.05, 0.1) is 5.69 Å². The van der Waals surface area contributed by atoms with Gasteiger partial charge in [0.15, 0.2) is 4.96 Å². The number of fused-ring (bicyclic) bond motifs is 1. The first-order valence-electron chi connectivity index (χ1n) is 6.67. The summed E-state index contributed by atoms with van der Waals surface area (Å²) in [6.07, 6.45) is 8.06. The summed E-state index contributed by atoms with van der Waals surface area (Å²) in [5, 5.41) is 13.8. The Labute approximate surface area is 115 Å². The molecule has 6 heteroatoms. The molecule has 0 aromatic carbocycles. The average molecular weight is 279 g/mol. The molecule has 2 aromatic heterocycles. The van der Waals surface area contributed by atoms with E-state index in [2.05, 4.69) is 5.32 Å². The van der Waals surface area contributed by atoms with E-state index in [1.54, 1.807) is 11.3 Å². The molecule has 19 heavy (non-hydrogen) atoms. The van der Waals surface area contributed by atoms with Crippen LogP contribution in [0, 0.1) is 0 Å². The van der Waals surface area contributed by atoms with Gasteiger partial charge < -0.3 is 10.4 Å². The second kappa shape index (κ2) is 5.21. The van der Waals surface area contributed by atoms with Crippen molar-refractivity contribution in [2.24, 2.45) is 0 Å². The number of rotatable bonds is 4. The van der Waals surface area contributed by atoms with E-state index in [1.807, 2.05) is 16.0 Å². The maximum atomic E-state index is 10.8. The average Bonchev–Trinajstić information content (AvgIpc) is 2.98. The Bertz CT molecular complexity index is 584. The molecular weight excluding hydrogens is 262 g/mol. The minimum absolute atomic E-state index is 0.0661. The predicted molar refractivity (Wildman–Crippen MR) is 75.0 cm³/mol. The Kier molecular flexibility index (Phi) is 3.42. The third-order valence-electron chi connectivity index (χ3n) is 3.69. The molecule has 1 aliphatic carbocycles. The number of thiazole rings is 1. The third-order valence-corrected chi connectivity index (χ3v) is 4.44. The van der Waals surface area contributed by atoms with Gasteiger partial charge in [-0.05, 0) is 12.8 Å². The van der Waals surface area contributed by atoms with Crippen molar-refractivity contribution in [3.63, 3.8) is 0 Å². The number of anilines is 1. The van der Waals surface area contributed by atoms with Crippen LogP contribution in [0.1, 0.15) is 43.7 Å². The molecule has 0 radical (unpaired) electrons. The van der Waals surface area contributed by atoms with Crippen molar-refractivity contribution in [2.75, 3.05) is 11.9 Å². The zero-order chi connectivity index (χ0) is 13.2. The van der Waals surface area contributed by atoms with Gasteiger partial charge in [-0.2, -0.15) is 0 Å². The van der Waals surface area contributed by atoms with Crippen LogP contribution in [0.15, 0.2) is 11.6 Å². The van der Waals surface area contributed by atoms with E-state index in [0.717, 1.165) is 29.3 Å². The maximum absolute atomic E-state index is 10.8. The van der Waals surface area contributed by atoms with Crippen LogP contribution in [0.25, 0.3) is 4.96 Å². The van der Waals surface area contributed by atoms with Gasteiger partial charge in [0, 0.05) is 17.5 Å². The van der Waals surface area contributed by atoms with Crippen molar-refractivity contribution in [1.82, 2.24) is 9.38 Å². The van der Waals surface area contributed by atoms with Crippen LogP contribution in [-0.4, -0.2) is 27.0 Å². The summed E-state index contributed by atoms with van der Waals surface area (Å²) >= 11 is 1.58. The van der Waals surface area contributed by atoms with Crippen molar-refractivity contribution >= 4 is 28.1 Å². The molecule has 0 spiro atoms. The number of nitrogens with zero attached hydrogens (tertiary/aromatic N) is 2. The zero-order valence-electron chi connectivity index (χ0n) is 10.6. The van der Waals surface area contributed by atoms with Crippen LogP contribution in [0.2, 0.25) is 0 Å². The second-order valence-electron chi connectivity index (χ2n) is 4.98. The van der Waals surface area contributed by atoms with Gasteiger partial charge in [-0.15, -0.1) is 11.3 Å². The summed E-state index contributed by atoms with van der Waals surface area (Å²) in [4.78, 5) is 16.4. The first kappa shape index (κ1) is 12.5. The number of hydrogen-bond acceptors (Lipinski definition) is 4. The maximum Gasteiger partial charge on any atom is 0.322 e. The van der Waals surface area contributed by atoms with E-state index < -0.39 is 5.97 Å². The molecule has 1 fully saturated rings. The third kappa shape index (κ3) is 2.45. The minimum atomic E-state index is -0.847. The van der Waals surface area contributed by atoms with Crippen LogP contribution < -0.4 is 5.32 Å². The molecule has 1 aliphatic rings. The second-order valence-corrected chi connectivity index (χ2v) is 5.86. The Morgan fingerprint density at radius 1 is 1.47 bits per heavy atom. The SMILES string of the molecule is O=C(O)CNc1c(C2CCCCC2)nc2sccn12. The van der Waals surface area contributed by atoms with Crippen molar-refractivity contribution < 1.29 is 9.90 Å². The highest BCUT2D eigenvalue weighted by atomic mass is 32.1. The van der Waals surface area contributed by atoms with E-state index in [4.69, 9.17) is 10.1 Å². The van der Waals surface area contributed by atoms with Gasteiger partial charge in [0.25, 0.3) is 0 Å². The highest BCUT2D eigenvalue weighted by Gasteiger charge is 2.23. The van der Waals surface area contributed by atoms with E-state index in [1.165, 1.54) is 19.3 Å². The van der Waals surface area contributed by atoms with E-state index in [9.17, 15) is 4.79 Å². The molecule has 0 unspecified atom stereocenters. The molecule has 0 saturated heterocycles. The molecule has 0 bridgehead atoms. The highest BCUT2D eigenvalue weighted by molar-refractivity contribution is 7.15. The molecule has 5 nitrogen and oxygen atoms in total. The van der Waals surface area contributed by atoms with E-state index >= 15 is 0 Å². The molecule has 2 N–H and O–H groups in total. The predicted octanol–water partition coefficient (Wildman–Crippen LogP) is 2.94. The lowest BCUT2D eigenvalue weighted by molar-refractivity contribution is -0.134. The van der Waals surface area contributed by atoms with Gasteiger partial charge >= 0.3 is 5.97 Å². The lowest BCUT2D eigenvalue weighted by Gasteiger charge is -2.21. The molecule has 3 rings (SSSR count). The summed E-state index contributed by atoms with van der Waals surface area (Å²) in [6, 6.07) is 0. The monoisotopic (exact) mass is 279 g/mol. The van der Waals surface area contributed by atoms with Crippen molar-refractivity contribution in [1.29, 1.82) is 0 Å². The first-order valence-corrected chi connectivity index (χ1v) is 7.55. The number of nitrogens with one attached hydrogen (secondary N) is 1. The summed E-state index contributed by atoms with van der Waals surface area (Å²) in [5.74, 6) is 0.488. The molecule has 1 saturated carbocycles. The molecular formula is C13H17N3O2S. The van der Waals surface area contributed by atoms with Crippen LogP contribution in [0.5, 0.6) is 0 Å². The van der Waals surface area contributed by atoms with Gasteiger partial charge in [-0.1, -0.05) is 19.3 Å². The Morgan fingerprint density at radius 3 is 3.00 bits per heavy atom. The summed E-state index contributed by atoms with van der Waals surface area (Å²) in [5.41, 5.74) is 1.05. The molecule has 0 aliphatic heterocycles. The van der Waals surface area contributed by atoms with E-state index in [-0.39, 0.29) is 6.54 Å². The van der Waals surface area contributed by atoms with Crippen LogP contribution in [0.4, 0.5) is 5.82 Å². The van der Waals surface area contributed by atoms with Crippen molar-refractivity contribution in [3.05, 3.63) is 17.3 Å². The number of carbonyl (C=O) groups is 1. The number of hydrogen-bond donors (Lipinski definition) is 2. The topological polar surface area (TPSA) is 66.6 Å². The van der Waals surface area contributed by atoms with Crippen molar-refractivity contribution in [3.8, 4) is 0 Å². The summed E-state index contributed by atoms with van der Waals surface area (Å²) in [7, 11) is 0. The highest BCUT2D eigenvalue weighted by Crippen LogP contribution is 2.37. The fourth-order valence-electron chi connectivity index (χ4n) is 2.80. The normalized spacial score (nSPS) is 16.8. The molecule has 0 amide bonds. The Morgan fingerprint density at radius 2 is 2.26 bits per heavy atom.